The molecule has 5 heteroatoms. The smallest absolute Gasteiger partial charge is 0.243 e. The third-order valence-electron chi connectivity index (χ3n) is 5.47. The van der Waals surface area contributed by atoms with Crippen LogP contribution in [0.5, 0.6) is 0 Å². The number of rotatable bonds is 9. The van der Waals surface area contributed by atoms with E-state index in [4.69, 9.17) is 0 Å². The Morgan fingerprint density at radius 3 is 2.50 bits per heavy atom. The number of aryl methyl sites for hydroxylation is 2. The minimum atomic E-state index is -0.0435. The second-order valence-corrected chi connectivity index (χ2v) is 7.86. The van der Waals surface area contributed by atoms with Gasteiger partial charge in [-0.3, -0.25) is 9.59 Å². The Morgan fingerprint density at radius 1 is 1.07 bits per heavy atom. The highest BCUT2D eigenvalue weighted by atomic mass is 16.2. The molecule has 2 aromatic rings. The Balaban J connectivity index is 1.49. The van der Waals surface area contributed by atoms with Gasteiger partial charge >= 0.3 is 0 Å². The van der Waals surface area contributed by atoms with Crippen molar-refractivity contribution in [3.05, 3.63) is 71.3 Å². The lowest BCUT2D eigenvalue weighted by atomic mass is 10.0. The van der Waals surface area contributed by atoms with Gasteiger partial charge in [-0.15, -0.1) is 0 Å². The molecule has 5 nitrogen and oxygen atoms in total. The molecule has 0 radical (unpaired) electrons. The Labute approximate surface area is 179 Å². The highest BCUT2D eigenvalue weighted by Crippen LogP contribution is 2.16. The van der Waals surface area contributed by atoms with Crippen LogP contribution in [0.2, 0.25) is 0 Å². The molecule has 0 aliphatic carbocycles. The van der Waals surface area contributed by atoms with E-state index in [-0.39, 0.29) is 24.3 Å². The van der Waals surface area contributed by atoms with Crippen LogP contribution in [-0.2, 0) is 22.4 Å². The molecule has 0 unspecified atom stereocenters. The molecule has 3 rings (SSSR count). The van der Waals surface area contributed by atoms with Gasteiger partial charge in [0.15, 0.2) is 0 Å². The summed E-state index contributed by atoms with van der Waals surface area (Å²) in [6.07, 6.45) is 4.14. The zero-order valence-electron chi connectivity index (χ0n) is 17.9. The van der Waals surface area contributed by atoms with Crippen molar-refractivity contribution in [3.63, 3.8) is 0 Å². The highest BCUT2D eigenvalue weighted by Gasteiger charge is 2.22. The van der Waals surface area contributed by atoms with Gasteiger partial charge in [-0.05, 0) is 42.9 Å². The number of hydrogen-bond donors (Lipinski definition) is 1. The molecule has 0 aromatic heterocycles. The number of nitrogens with one attached hydrogen (secondary N) is 1. The largest absolute Gasteiger partial charge is 0.354 e. The number of amides is 2. The first-order chi connectivity index (χ1) is 14.5. The molecular formula is C25H31N3O2. The number of benzene rings is 2. The number of carbonyl (C=O) groups is 2. The van der Waals surface area contributed by atoms with Crippen molar-refractivity contribution in [2.45, 2.75) is 58.4 Å². The minimum absolute atomic E-state index is 0.0196. The average Bonchev–Trinajstić information content (AvgIpc) is 2.78. The summed E-state index contributed by atoms with van der Waals surface area (Å²) in [6.45, 7) is 4.46. The van der Waals surface area contributed by atoms with Crippen molar-refractivity contribution in [2.24, 2.45) is 5.10 Å². The molecule has 1 atom stereocenters. The molecule has 0 saturated carbocycles. The molecule has 0 fully saturated rings. The van der Waals surface area contributed by atoms with Crippen molar-refractivity contribution in [2.75, 3.05) is 6.54 Å². The maximum Gasteiger partial charge on any atom is 0.243 e. The summed E-state index contributed by atoms with van der Waals surface area (Å²) in [5, 5.41) is 9.03. The van der Waals surface area contributed by atoms with Crippen LogP contribution in [0.15, 0.2) is 59.7 Å². The Morgan fingerprint density at radius 2 is 1.80 bits per heavy atom. The van der Waals surface area contributed by atoms with Crippen LogP contribution in [0.25, 0.3) is 0 Å². The number of hydrazone groups is 1. The summed E-state index contributed by atoms with van der Waals surface area (Å²) in [5.41, 5.74) is 4.50. The Bertz CT molecular complexity index is 875. The maximum absolute atomic E-state index is 12.3. The van der Waals surface area contributed by atoms with Gasteiger partial charge in [0.25, 0.3) is 0 Å². The first kappa shape index (κ1) is 21.8. The van der Waals surface area contributed by atoms with Gasteiger partial charge in [0, 0.05) is 25.3 Å². The third kappa shape index (κ3) is 6.28. The fourth-order valence-electron chi connectivity index (χ4n) is 3.57. The van der Waals surface area contributed by atoms with Crippen LogP contribution in [0, 0.1) is 0 Å². The first-order valence-electron chi connectivity index (χ1n) is 10.9. The van der Waals surface area contributed by atoms with Crippen molar-refractivity contribution >= 4 is 17.5 Å². The average molecular weight is 406 g/mol. The summed E-state index contributed by atoms with van der Waals surface area (Å²) in [4.78, 5) is 24.6. The third-order valence-corrected chi connectivity index (χ3v) is 5.47. The van der Waals surface area contributed by atoms with Crippen LogP contribution < -0.4 is 5.32 Å². The molecule has 2 aromatic carbocycles. The van der Waals surface area contributed by atoms with E-state index in [1.165, 1.54) is 16.1 Å². The summed E-state index contributed by atoms with van der Waals surface area (Å²) in [7, 11) is 0. The number of nitrogens with zero attached hydrogens (tertiary/aromatic N) is 2. The van der Waals surface area contributed by atoms with Gasteiger partial charge in [0.2, 0.25) is 11.8 Å². The van der Waals surface area contributed by atoms with Crippen molar-refractivity contribution in [1.29, 1.82) is 0 Å². The fourth-order valence-corrected chi connectivity index (χ4v) is 3.57. The summed E-state index contributed by atoms with van der Waals surface area (Å²) >= 11 is 0. The van der Waals surface area contributed by atoms with E-state index in [1.54, 1.807) is 0 Å². The molecule has 1 N–H and O–H groups in total. The van der Waals surface area contributed by atoms with E-state index in [9.17, 15) is 9.59 Å². The van der Waals surface area contributed by atoms with Crippen molar-refractivity contribution in [1.82, 2.24) is 10.3 Å². The Hall–Kier alpha value is -2.95. The predicted molar refractivity (Wildman–Crippen MR) is 120 cm³/mol. The van der Waals surface area contributed by atoms with Crippen molar-refractivity contribution in [3.8, 4) is 0 Å². The predicted octanol–water partition coefficient (Wildman–Crippen LogP) is 4.10. The number of hydrogen-bond acceptors (Lipinski definition) is 3. The Kier molecular flexibility index (Phi) is 7.77. The maximum atomic E-state index is 12.3. The minimum Gasteiger partial charge on any atom is -0.354 e. The lowest BCUT2D eigenvalue weighted by molar-refractivity contribution is -0.132. The second-order valence-electron chi connectivity index (χ2n) is 7.86. The monoisotopic (exact) mass is 405 g/mol. The standard InChI is InChI=1S/C25H31N3O2/c1-3-20-11-13-22(14-12-20)23-15-16-25(30)28(27-23)18-17-24(29)26-19(2)9-10-21-7-5-4-6-8-21/h4-8,11-14,19H,3,9-10,15-18H2,1-2H3,(H,26,29)/t19-/m0/s1. The number of carbonyl (C=O) groups excluding carboxylic acids is 2. The van der Waals surface area contributed by atoms with Crippen molar-refractivity contribution < 1.29 is 9.59 Å². The topological polar surface area (TPSA) is 61.8 Å². The molecule has 158 valence electrons. The normalized spacial score (nSPS) is 14.9. The molecule has 0 saturated heterocycles. The van der Waals surface area contributed by atoms with Crippen LogP contribution in [0.3, 0.4) is 0 Å². The molecule has 2 amide bonds. The summed E-state index contributed by atoms with van der Waals surface area (Å²) in [6, 6.07) is 18.7. The van der Waals surface area contributed by atoms with Crippen LogP contribution in [0.1, 0.15) is 56.2 Å². The van der Waals surface area contributed by atoms with Gasteiger partial charge < -0.3 is 5.32 Å². The van der Waals surface area contributed by atoms with E-state index in [1.807, 2.05) is 25.1 Å². The van der Waals surface area contributed by atoms with Gasteiger partial charge in [-0.2, -0.15) is 5.10 Å². The lowest BCUT2D eigenvalue weighted by Crippen LogP contribution is -2.38. The molecular weight excluding hydrogens is 374 g/mol. The van der Waals surface area contributed by atoms with E-state index < -0.39 is 0 Å². The molecule has 1 aliphatic heterocycles. The van der Waals surface area contributed by atoms with Crippen LogP contribution in [-0.4, -0.2) is 35.1 Å². The molecule has 1 heterocycles. The van der Waals surface area contributed by atoms with Gasteiger partial charge in [-0.1, -0.05) is 61.5 Å². The highest BCUT2D eigenvalue weighted by molar-refractivity contribution is 6.04. The van der Waals surface area contributed by atoms with Crippen LogP contribution in [0.4, 0.5) is 0 Å². The zero-order valence-corrected chi connectivity index (χ0v) is 17.9. The lowest BCUT2D eigenvalue weighted by Gasteiger charge is -2.24. The fraction of sp³-hybridized carbons (Fsp3) is 0.400. The summed E-state index contributed by atoms with van der Waals surface area (Å²) < 4.78 is 0. The summed E-state index contributed by atoms with van der Waals surface area (Å²) in [5.74, 6) is -0.0631. The van der Waals surface area contributed by atoms with Gasteiger partial charge in [0.05, 0.1) is 12.3 Å². The first-order valence-corrected chi connectivity index (χ1v) is 10.9. The van der Waals surface area contributed by atoms with E-state index >= 15 is 0 Å². The van der Waals surface area contributed by atoms with Gasteiger partial charge in [-0.25, -0.2) is 5.01 Å². The SMILES string of the molecule is CCc1ccc(C2=NN(CCC(=O)N[C@@H](C)CCc3ccccc3)C(=O)CC2)cc1. The molecule has 30 heavy (non-hydrogen) atoms. The quantitative estimate of drug-likeness (QED) is 0.683. The van der Waals surface area contributed by atoms with Gasteiger partial charge in [0.1, 0.15) is 0 Å². The molecule has 0 spiro atoms. The van der Waals surface area contributed by atoms with E-state index in [2.05, 4.69) is 53.7 Å². The van der Waals surface area contributed by atoms with E-state index in [0.29, 0.717) is 19.4 Å². The van der Waals surface area contributed by atoms with Crippen LogP contribution >= 0.6 is 0 Å². The zero-order chi connectivity index (χ0) is 21.3. The van der Waals surface area contributed by atoms with E-state index in [0.717, 1.165) is 30.5 Å². The molecule has 0 bridgehead atoms. The molecule has 1 aliphatic rings. The second kappa shape index (κ2) is 10.7.